The summed E-state index contributed by atoms with van der Waals surface area (Å²) in [6.45, 7) is 8.89. The van der Waals surface area contributed by atoms with Gasteiger partial charge < -0.3 is 5.73 Å². The van der Waals surface area contributed by atoms with E-state index in [1.54, 1.807) is 0 Å². The molecular formula is C15H24N2. The van der Waals surface area contributed by atoms with Crippen LogP contribution in [0.3, 0.4) is 0 Å². The molecule has 0 saturated carbocycles. The van der Waals surface area contributed by atoms with Crippen molar-refractivity contribution in [3.05, 3.63) is 34.9 Å². The molecule has 1 heterocycles. The zero-order chi connectivity index (χ0) is 12.4. The Morgan fingerprint density at radius 1 is 1.29 bits per heavy atom. The molecule has 0 amide bonds. The predicted molar refractivity (Wildman–Crippen MR) is 73.1 cm³/mol. The molecule has 0 aromatic heterocycles. The van der Waals surface area contributed by atoms with Gasteiger partial charge in [0.2, 0.25) is 0 Å². The van der Waals surface area contributed by atoms with Crippen molar-refractivity contribution in [3.63, 3.8) is 0 Å². The lowest BCUT2D eigenvalue weighted by molar-refractivity contribution is 0.248. The van der Waals surface area contributed by atoms with Crippen LogP contribution in [-0.2, 0) is 0 Å². The fourth-order valence-electron chi connectivity index (χ4n) is 2.83. The standard InChI is InChI=1S/C15H24N2/c1-4-8-17-9-7-14(16)15(17)13-6-5-11(2)12(3)10-13/h5-6,10,14-15H,4,7-9,16H2,1-3H3. The summed E-state index contributed by atoms with van der Waals surface area (Å²) in [6, 6.07) is 7.51. The number of hydrogen-bond donors (Lipinski definition) is 1. The highest BCUT2D eigenvalue weighted by Gasteiger charge is 2.32. The van der Waals surface area contributed by atoms with E-state index < -0.39 is 0 Å². The van der Waals surface area contributed by atoms with Crippen LogP contribution in [0.2, 0.25) is 0 Å². The lowest BCUT2D eigenvalue weighted by Gasteiger charge is -2.27. The zero-order valence-corrected chi connectivity index (χ0v) is 11.2. The minimum absolute atomic E-state index is 0.295. The minimum Gasteiger partial charge on any atom is -0.326 e. The highest BCUT2D eigenvalue weighted by atomic mass is 15.2. The number of aryl methyl sites for hydroxylation is 2. The maximum atomic E-state index is 6.28. The third-order valence-electron chi connectivity index (χ3n) is 3.93. The van der Waals surface area contributed by atoms with Crippen LogP contribution >= 0.6 is 0 Å². The van der Waals surface area contributed by atoms with E-state index in [1.807, 2.05) is 0 Å². The Morgan fingerprint density at radius 3 is 2.71 bits per heavy atom. The summed E-state index contributed by atoms with van der Waals surface area (Å²) in [4.78, 5) is 2.54. The van der Waals surface area contributed by atoms with E-state index in [0.29, 0.717) is 12.1 Å². The molecule has 2 N–H and O–H groups in total. The number of nitrogens with zero attached hydrogens (tertiary/aromatic N) is 1. The second-order valence-corrected chi connectivity index (χ2v) is 5.28. The second-order valence-electron chi connectivity index (χ2n) is 5.28. The first-order chi connectivity index (χ1) is 8.13. The van der Waals surface area contributed by atoms with E-state index in [9.17, 15) is 0 Å². The van der Waals surface area contributed by atoms with Crippen LogP contribution in [0, 0.1) is 13.8 Å². The molecule has 2 heteroatoms. The number of benzene rings is 1. The van der Waals surface area contributed by atoms with Gasteiger partial charge >= 0.3 is 0 Å². The van der Waals surface area contributed by atoms with Gasteiger partial charge in [-0.25, -0.2) is 0 Å². The maximum absolute atomic E-state index is 6.28. The average Bonchev–Trinajstić information content (AvgIpc) is 2.65. The van der Waals surface area contributed by atoms with E-state index in [2.05, 4.69) is 43.9 Å². The van der Waals surface area contributed by atoms with Crippen molar-refractivity contribution in [2.75, 3.05) is 13.1 Å². The molecule has 17 heavy (non-hydrogen) atoms. The quantitative estimate of drug-likeness (QED) is 0.868. The smallest absolute Gasteiger partial charge is 0.0499 e. The first kappa shape index (κ1) is 12.6. The molecule has 1 aromatic rings. The van der Waals surface area contributed by atoms with Crippen LogP contribution in [-0.4, -0.2) is 24.0 Å². The van der Waals surface area contributed by atoms with E-state index in [4.69, 9.17) is 5.73 Å². The van der Waals surface area contributed by atoms with Gasteiger partial charge in [0.05, 0.1) is 0 Å². The van der Waals surface area contributed by atoms with Gasteiger partial charge in [-0.2, -0.15) is 0 Å². The first-order valence-corrected chi connectivity index (χ1v) is 6.70. The van der Waals surface area contributed by atoms with Gasteiger partial charge in [-0.1, -0.05) is 25.1 Å². The van der Waals surface area contributed by atoms with Crippen LogP contribution in [0.25, 0.3) is 0 Å². The predicted octanol–water partition coefficient (Wildman–Crippen LogP) is 2.79. The Hall–Kier alpha value is -0.860. The second kappa shape index (κ2) is 5.19. The summed E-state index contributed by atoms with van der Waals surface area (Å²) in [5.74, 6) is 0. The lowest BCUT2D eigenvalue weighted by atomic mass is 9.97. The Balaban J connectivity index is 2.26. The summed E-state index contributed by atoms with van der Waals surface area (Å²) >= 11 is 0. The van der Waals surface area contributed by atoms with E-state index in [1.165, 1.54) is 23.1 Å². The Morgan fingerprint density at radius 2 is 2.06 bits per heavy atom. The van der Waals surface area contributed by atoms with Gasteiger partial charge in [0, 0.05) is 18.6 Å². The van der Waals surface area contributed by atoms with Crippen molar-refractivity contribution < 1.29 is 0 Å². The van der Waals surface area contributed by atoms with Gasteiger partial charge in [0.25, 0.3) is 0 Å². The van der Waals surface area contributed by atoms with Crippen LogP contribution in [0.15, 0.2) is 18.2 Å². The molecule has 1 fully saturated rings. The van der Waals surface area contributed by atoms with E-state index >= 15 is 0 Å². The van der Waals surface area contributed by atoms with Crippen LogP contribution in [0.5, 0.6) is 0 Å². The highest BCUT2D eigenvalue weighted by Crippen LogP contribution is 2.32. The van der Waals surface area contributed by atoms with Gasteiger partial charge in [-0.05, 0) is 49.9 Å². The van der Waals surface area contributed by atoms with E-state index in [0.717, 1.165) is 19.5 Å². The van der Waals surface area contributed by atoms with Crippen molar-refractivity contribution in [1.29, 1.82) is 0 Å². The number of likely N-dealkylation sites (tertiary alicyclic amines) is 1. The molecule has 2 unspecified atom stereocenters. The topological polar surface area (TPSA) is 29.3 Å². The Kier molecular flexibility index (Phi) is 3.85. The maximum Gasteiger partial charge on any atom is 0.0499 e. The molecule has 2 rings (SSSR count). The molecule has 1 aliphatic rings. The van der Waals surface area contributed by atoms with Crippen molar-refractivity contribution in [2.45, 2.75) is 45.7 Å². The summed E-state index contributed by atoms with van der Waals surface area (Å²) in [7, 11) is 0. The molecule has 2 nitrogen and oxygen atoms in total. The third-order valence-corrected chi connectivity index (χ3v) is 3.93. The van der Waals surface area contributed by atoms with Crippen LogP contribution < -0.4 is 5.73 Å². The molecular weight excluding hydrogens is 208 g/mol. The first-order valence-electron chi connectivity index (χ1n) is 6.70. The summed E-state index contributed by atoms with van der Waals surface area (Å²) in [6.07, 6.45) is 2.33. The Bertz CT molecular complexity index is 385. The molecule has 1 aromatic carbocycles. The monoisotopic (exact) mass is 232 g/mol. The number of nitrogens with two attached hydrogens (primary N) is 1. The van der Waals surface area contributed by atoms with Crippen LogP contribution in [0.4, 0.5) is 0 Å². The molecule has 94 valence electrons. The normalized spacial score (nSPS) is 25.4. The summed E-state index contributed by atoms with van der Waals surface area (Å²) < 4.78 is 0. The fraction of sp³-hybridized carbons (Fsp3) is 0.600. The van der Waals surface area contributed by atoms with Crippen molar-refractivity contribution in [2.24, 2.45) is 5.73 Å². The SMILES string of the molecule is CCCN1CCC(N)C1c1ccc(C)c(C)c1. The molecule has 0 aliphatic carbocycles. The number of rotatable bonds is 3. The zero-order valence-electron chi connectivity index (χ0n) is 11.2. The molecule has 1 saturated heterocycles. The van der Waals surface area contributed by atoms with Crippen molar-refractivity contribution in [3.8, 4) is 0 Å². The third kappa shape index (κ3) is 2.53. The van der Waals surface area contributed by atoms with Crippen molar-refractivity contribution in [1.82, 2.24) is 4.90 Å². The van der Waals surface area contributed by atoms with Gasteiger partial charge in [0.15, 0.2) is 0 Å². The van der Waals surface area contributed by atoms with Gasteiger partial charge in [-0.3, -0.25) is 4.90 Å². The molecule has 2 atom stereocenters. The molecule has 1 aliphatic heterocycles. The summed E-state index contributed by atoms with van der Waals surface area (Å²) in [5.41, 5.74) is 10.4. The highest BCUT2D eigenvalue weighted by molar-refractivity contribution is 5.33. The molecule has 0 radical (unpaired) electrons. The molecule has 0 spiro atoms. The fourth-order valence-corrected chi connectivity index (χ4v) is 2.83. The Labute approximate surface area is 105 Å². The largest absolute Gasteiger partial charge is 0.326 e. The van der Waals surface area contributed by atoms with E-state index in [-0.39, 0.29) is 0 Å². The van der Waals surface area contributed by atoms with Crippen molar-refractivity contribution >= 4 is 0 Å². The number of hydrogen-bond acceptors (Lipinski definition) is 2. The lowest BCUT2D eigenvalue weighted by Crippen LogP contribution is -2.32. The molecule has 0 bridgehead atoms. The van der Waals surface area contributed by atoms with Gasteiger partial charge in [0.1, 0.15) is 0 Å². The average molecular weight is 232 g/mol. The minimum atomic E-state index is 0.295. The van der Waals surface area contributed by atoms with Crippen LogP contribution in [0.1, 0.15) is 42.5 Å². The summed E-state index contributed by atoms with van der Waals surface area (Å²) in [5, 5.41) is 0. The van der Waals surface area contributed by atoms with Gasteiger partial charge in [-0.15, -0.1) is 0 Å².